The van der Waals surface area contributed by atoms with E-state index in [4.69, 9.17) is 0 Å². The molecule has 0 saturated carbocycles. The van der Waals surface area contributed by atoms with Gasteiger partial charge in [-0.3, -0.25) is 0 Å². The molecule has 0 unspecified atom stereocenters. The lowest BCUT2D eigenvalue weighted by atomic mass is 10.3. The number of rotatable bonds is 0. The quantitative estimate of drug-likeness (QED) is 0.503. The molecule has 1 fully saturated rings. The van der Waals surface area contributed by atoms with Crippen LogP contribution in [0.4, 0.5) is 0 Å². The number of hydrogen-bond acceptors (Lipinski definition) is 2. The van der Waals surface area contributed by atoms with Crippen molar-refractivity contribution in [2.24, 2.45) is 0 Å². The third kappa shape index (κ3) is 0.874. The van der Waals surface area contributed by atoms with E-state index in [1.54, 1.807) is 0 Å². The van der Waals surface area contributed by atoms with Crippen molar-refractivity contribution < 1.29 is 0 Å². The molecule has 1 nitrogen and oxygen atoms in total. The van der Waals surface area contributed by atoms with Crippen molar-refractivity contribution in [2.45, 2.75) is 6.42 Å². The molecular formula is C7H9NS. The Hall–Kier alpha value is -0.370. The molecule has 0 aliphatic carbocycles. The van der Waals surface area contributed by atoms with Crippen LogP contribution in [0.1, 0.15) is 6.42 Å². The maximum atomic E-state index is 2.31. The van der Waals surface area contributed by atoms with E-state index in [1.807, 2.05) is 11.8 Å². The van der Waals surface area contributed by atoms with E-state index < -0.39 is 0 Å². The summed E-state index contributed by atoms with van der Waals surface area (Å²) in [7, 11) is 0. The van der Waals surface area contributed by atoms with E-state index in [1.165, 1.54) is 17.3 Å². The molecule has 2 aliphatic heterocycles. The van der Waals surface area contributed by atoms with E-state index in [0.29, 0.717) is 0 Å². The van der Waals surface area contributed by atoms with Gasteiger partial charge >= 0.3 is 0 Å². The van der Waals surface area contributed by atoms with E-state index in [-0.39, 0.29) is 0 Å². The molecule has 0 atom stereocenters. The minimum absolute atomic E-state index is 1.12. The average molecular weight is 139 g/mol. The maximum Gasteiger partial charge on any atom is 0.0710 e. The predicted octanol–water partition coefficient (Wildman–Crippen LogP) is 1.79. The molecule has 0 N–H and O–H groups in total. The summed E-state index contributed by atoms with van der Waals surface area (Å²) in [6.45, 7) is 1.20. The zero-order valence-electron chi connectivity index (χ0n) is 5.21. The first-order chi connectivity index (χ1) is 4.47. The Morgan fingerprint density at radius 1 is 1.56 bits per heavy atom. The molecule has 0 radical (unpaired) electrons. The smallest absolute Gasteiger partial charge is 0.0710 e. The largest absolute Gasteiger partial charge is 0.343 e. The molecule has 0 amide bonds. The Balaban J connectivity index is 2.22. The molecule has 0 aromatic rings. The Morgan fingerprint density at radius 2 is 2.56 bits per heavy atom. The van der Waals surface area contributed by atoms with Gasteiger partial charge in [-0.25, -0.2) is 0 Å². The van der Waals surface area contributed by atoms with Crippen LogP contribution in [0.2, 0.25) is 0 Å². The zero-order valence-corrected chi connectivity index (χ0v) is 6.03. The second-order valence-corrected chi connectivity index (χ2v) is 3.32. The average Bonchev–Trinajstić information content (AvgIpc) is 2.33. The Labute approximate surface area is 59.4 Å². The van der Waals surface area contributed by atoms with Crippen molar-refractivity contribution in [2.75, 3.05) is 12.3 Å². The molecule has 2 rings (SSSR count). The molecule has 0 aromatic carbocycles. The van der Waals surface area contributed by atoms with Gasteiger partial charge in [0.2, 0.25) is 0 Å². The highest BCUT2D eigenvalue weighted by Gasteiger charge is 2.15. The summed E-state index contributed by atoms with van der Waals surface area (Å²) in [6, 6.07) is 0. The summed E-state index contributed by atoms with van der Waals surface area (Å²) < 4.78 is 0. The van der Waals surface area contributed by atoms with Crippen molar-refractivity contribution in [3.8, 4) is 0 Å². The molecule has 0 spiro atoms. The van der Waals surface area contributed by atoms with Gasteiger partial charge in [0.25, 0.3) is 0 Å². The third-order valence-corrected chi connectivity index (χ3v) is 2.66. The van der Waals surface area contributed by atoms with Crippen molar-refractivity contribution in [1.82, 2.24) is 4.90 Å². The van der Waals surface area contributed by atoms with Crippen LogP contribution in [-0.4, -0.2) is 17.2 Å². The van der Waals surface area contributed by atoms with Crippen molar-refractivity contribution in [1.29, 1.82) is 0 Å². The van der Waals surface area contributed by atoms with Gasteiger partial charge in [0.15, 0.2) is 0 Å². The Bertz CT molecular complexity index is 172. The first-order valence-electron chi connectivity index (χ1n) is 3.23. The number of nitrogens with zero attached hydrogens (tertiary/aromatic N) is 1. The van der Waals surface area contributed by atoms with Gasteiger partial charge in [-0.2, -0.15) is 0 Å². The molecule has 2 aliphatic rings. The first kappa shape index (κ1) is 5.42. The maximum absolute atomic E-state index is 2.31. The second kappa shape index (κ2) is 2.10. The number of fused-ring (bicyclic) bond motifs is 1. The summed E-state index contributed by atoms with van der Waals surface area (Å²) in [5.74, 6) is 1.26. The summed E-state index contributed by atoms with van der Waals surface area (Å²) in [5.41, 5.74) is 0. The van der Waals surface area contributed by atoms with Crippen LogP contribution >= 0.6 is 11.8 Å². The van der Waals surface area contributed by atoms with Gasteiger partial charge in [-0.15, -0.1) is 11.8 Å². The van der Waals surface area contributed by atoms with Crippen LogP contribution in [0.5, 0.6) is 0 Å². The summed E-state index contributed by atoms with van der Waals surface area (Å²) in [4.78, 5) is 2.31. The highest BCUT2D eigenvalue weighted by atomic mass is 32.2. The van der Waals surface area contributed by atoms with Gasteiger partial charge in [-0.1, -0.05) is 12.2 Å². The van der Waals surface area contributed by atoms with E-state index >= 15 is 0 Å². The van der Waals surface area contributed by atoms with Crippen LogP contribution < -0.4 is 0 Å². The topological polar surface area (TPSA) is 3.24 Å². The number of hydrogen-bond donors (Lipinski definition) is 0. The number of allylic oxidation sites excluding steroid dienone is 2. The van der Waals surface area contributed by atoms with Gasteiger partial charge < -0.3 is 4.90 Å². The normalized spacial score (nSPS) is 24.0. The lowest BCUT2D eigenvalue weighted by Crippen LogP contribution is -2.11. The van der Waals surface area contributed by atoms with Crippen LogP contribution in [0.3, 0.4) is 0 Å². The molecular weight excluding hydrogens is 130 g/mol. The lowest BCUT2D eigenvalue weighted by Gasteiger charge is -2.15. The molecule has 1 saturated heterocycles. The zero-order chi connectivity index (χ0) is 6.10. The second-order valence-electron chi connectivity index (χ2n) is 2.20. The van der Waals surface area contributed by atoms with Crippen LogP contribution in [-0.2, 0) is 0 Å². The highest BCUT2D eigenvalue weighted by molar-refractivity contribution is 8.03. The SMILES string of the molecule is C1=CN2CCSC2=CC1. The van der Waals surface area contributed by atoms with Crippen molar-refractivity contribution >= 4 is 11.8 Å². The van der Waals surface area contributed by atoms with Gasteiger partial charge in [0.05, 0.1) is 5.03 Å². The minimum Gasteiger partial charge on any atom is -0.343 e. The van der Waals surface area contributed by atoms with Crippen molar-refractivity contribution in [3.63, 3.8) is 0 Å². The molecule has 0 aromatic heterocycles. The van der Waals surface area contributed by atoms with Crippen molar-refractivity contribution in [3.05, 3.63) is 23.4 Å². The fourth-order valence-corrected chi connectivity index (χ4v) is 2.15. The molecule has 48 valence electrons. The Kier molecular flexibility index (Phi) is 1.27. The molecule has 2 heterocycles. The standard InChI is InChI=1S/C7H9NS/c1-2-4-8-5-6-9-7(8)3-1/h2-4H,1,5-6H2. The van der Waals surface area contributed by atoms with Crippen LogP contribution in [0.15, 0.2) is 23.4 Å². The molecule has 2 heteroatoms. The molecule has 9 heavy (non-hydrogen) atoms. The highest BCUT2D eigenvalue weighted by Crippen LogP contribution is 2.30. The van der Waals surface area contributed by atoms with Gasteiger partial charge in [0.1, 0.15) is 0 Å². The van der Waals surface area contributed by atoms with Gasteiger partial charge in [-0.05, 0) is 6.42 Å². The Morgan fingerprint density at radius 3 is 3.44 bits per heavy atom. The minimum atomic E-state index is 1.12. The molecule has 0 bridgehead atoms. The third-order valence-electron chi connectivity index (χ3n) is 1.58. The monoisotopic (exact) mass is 139 g/mol. The van der Waals surface area contributed by atoms with E-state index in [0.717, 1.165) is 6.42 Å². The van der Waals surface area contributed by atoms with Crippen LogP contribution in [0.25, 0.3) is 0 Å². The fraction of sp³-hybridized carbons (Fsp3) is 0.429. The van der Waals surface area contributed by atoms with E-state index in [2.05, 4.69) is 23.3 Å². The lowest BCUT2D eigenvalue weighted by molar-refractivity contribution is 0.537. The summed E-state index contributed by atoms with van der Waals surface area (Å²) in [5, 5.41) is 1.46. The fourth-order valence-electron chi connectivity index (χ4n) is 1.12. The number of thioether (sulfide) groups is 1. The summed E-state index contributed by atoms with van der Waals surface area (Å²) >= 11 is 1.96. The first-order valence-corrected chi connectivity index (χ1v) is 4.21. The van der Waals surface area contributed by atoms with E-state index in [9.17, 15) is 0 Å². The van der Waals surface area contributed by atoms with Crippen LogP contribution in [0, 0.1) is 0 Å². The summed E-state index contributed by atoms with van der Waals surface area (Å²) in [6.07, 6.45) is 7.81. The van der Waals surface area contributed by atoms with Gasteiger partial charge in [0, 0.05) is 18.5 Å². The predicted molar refractivity (Wildman–Crippen MR) is 41.0 cm³/mol.